The Labute approximate surface area is 175 Å². The molecule has 0 unspecified atom stereocenters. The van der Waals surface area contributed by atoms with E-state index in [-0.39, 0.29) is 30.6 Å². The molecule has 30 heavy (non-hydrogen) atoms. The molecule has 0 aliphatic carbocycles. The van der Waals surface area contributed by atoms with E-state index in [2.05, 4.69) is 10.6 Å². The van der Waals surface area contributed by atoms with Crippen LogP contribution in [0.1, 0.15) is 19.8 Å². The lowest BCUT2D eigenvalue weighted by molar-refractivity contribution is -0.129. The molecule has 9 heteroatoms. The van der Waals surface area contributed by atoms with Crippen molar-refractivity contribution in [1.29, 1.82) is 0 Å². The van der Waals surface area contributed by atoms with Gasteiger partial charge >= 0.3 is 12.1 Å². The number of rotatable bonds is 5. The van der Waals surface area contributed by atoms with Gasteiger partial charge in [0.25, 0.3) is 0 Å². The highest BCUT2D eigenvalue weighted by molar-refractivity contribution is 5.93. The number of benzene rings is 1. The van der Waals surface area contributed by atoms with Crippen LogP contribution in [-0.4, -0.2) is 72.2 Å². The molecule has 0 bridgehead atoms. The number of nitrogens with zero attached hydrogens (tertiary/aromatic N) is 3. The lowest BCUT2D eigenvalue weighted by Gasteiger charge is -2.31. The van der Waals surface area contributed by atoms with Gasteiger partial charge in [0.1, 0.15) is 6.54 Å². The van der Waals surface area contributed by atoms with E-state index in [1.54, 1.807) is 30.8 Å². The summed E-state index contributed by atoms with van der Waals surface area (Å²) in [7, 11) is 3.46. The zero-order valence-corrected chi connectivity index (χ0v) is 17.7. The number of hydrogen-bond donors (Lipinski definition) is 2. The van der Waals surface area contributed by atoms with E-state index in [1.807, 2.05) is 35.0 Å². The first-order chi connectivity index (χ1) is 14.4. The molecule has 0 saturated carbocycles. The lowest BCUT2D eigenvalue weighted by atomic mass is 10.1. The minimum Gasteiger partial charge on any atom is -0.450 e. The van der Waals surface area contributed by atoms with E-state index in [9.17, 15) is 14.4 Å². The van der Waals surface area contributed by atoms with Gasteiger partial charge in [-0.15, -0.1) is 0 Å². The summed E-state index contributed by atoms with van der Waals surface area (Å²) in [6.45, 7) is 3.55. The molecule has 9 nitrogen and oxygen atoms in total. The van der Waals surface area contributed by atoms with Crippen LogP contribution in [0.3, 0.4) is 0 Å². The van der Waals surface area contributed by atoms with E-state index < -0.39 is 0 Å². The zero-order chi connectivity index (χ0) is 21.7. The molecule has 0 radical (unpaired) electrons. The molecule has 3 rings (SSSR count). The SMILES string of the molecule is CCOC(=O)N1CCC(NC(=O)Nc2ccc3c(ccn3CC(=O)N(C)C)c2)CC1. The second kappa shape index (κ2) is 9.51. The number of ether oxygens (including phenoxy) is 1. The van der Waals surface area contributed by atoms with Gasteiger partial charge in [-0.3, -0.25) is 4.79 Å². The molecule has 4 amide bonds. The highest BCUT2D eigenvalue weighted by atomic mass is 16.6. The average Bonchev–Trinajstić information content (AvgIpc) is 3.10. The van der Waals surface area contributed by atoms with Gasteiger partial charge in [0, 0.05) is 56.0 Å². The van der Waals surface area contributed by atoms with E-state index in [4.69, 9.17) is 4.74 Å². The second-order valence-corrected chi connectivity index (χ2v) is 7.56. The molecule has 2 heterocycles. The van der Waals surface area contributed by atoms with Crippen molar-refractivity contribution in [2.24, 2.45) is 0 Å². The van der Waals surface area contributed by atoms with Gasteiger partial charge in [-0.2, -0.15) is 0 Å². The fourth-order valence-corrected chi connectivity index (χ4v) is 3.48. The van der Waals surface area contributed by atoms with Crippen LogP contribution in [0.5, 0.6) is 0 Å². The van der Waals surface area contributed by atoms with Crippen LogP contribution < -0.4 is 10.6 Å². The van der Waals surface area contributed by atoms with Crippen molar-refractivity contribution in [3.63, 3.8) is 0 Å². The van der Waals surface area contributed by atoms with Crippen molar-refractivity contribution in [3.05, 3.63) is 30.5 Å². The number of nitrogens with one attached hydrogen (secondary N) is 2. The predicted molar refractivity (Wildman–Crippen MR) is 114 cm³/mol. The van der Waals surface area contributed by atoms with Crippen LogP contribution in [0.15, 0.2) is 30.5 Å². The Morgan fingerprint density at radius 1 is 1.17 bits per heavy atom. The van der Waals surface area contributed by atoms with Gasteiger partial charge in [0.15, 0.2) is 0 Å². The molecule has 1 aliphatic rings. The number of carbonyl (C=O) groups excluding carboxylic acids is 3. The Hall–Kier alpha value is -3.23. The normalized spacial score (nSPS) is 14.4. The summed E-state index contributed by atoms with van der Waals surface area (Å²) in [5.74, 6) is 0.0167. The molecule has 162 valence electrons. The summed E-state index contributed by atoms with van der Waals surface area (Å²) in [5, 5.41) is 6.78. The Bertz CT molecular complexity index is 915. The smallest absolute Gasteiger partial charge is 0.409 e. The monoisotopic (exact) mass is 415 g/mol. The fraction of sp³-hybridized carbons (Fsp3) is 0.476. The predicted octanol–water partition coefficient (Wildman–Crippen LogP) is 2.47. The average molecular weight is 415 g/mol. The maximum atomic E-state index is 12.4. The third kappa shape index (κ3) is 5.22. The first kappa shape index (κ1) is 21.5. The maximum Gasteiger partial charge on any atom is 0.409 e. The molecular formula is C21H29N5O4. The van der Waals surface area contributed by atoms with Gasteiger partial charge in [-0.05, 0) is 44.0 Å². The molecule has 2 aromatic rings. The number of hydrogen-bond acceptors (Lipinski definition) is 4. The van der Waals surface area contributed by atoms with Crippen molar-refractivity contribution in [2.75, 3.05) is 39.1 Å². The Balaban J connectivity index is 1.53. The highest BCUT2D eigenvalue weighted by Gasteiger charge is 2.24. The third-order valence-corrected chi connectivity index (χ3v) is 5.19. The van der Waals surface area contributed by atoms with Crippen molar-refractivity contribution in [2.45, 2.75) is 32.4 Å². The number of fused-ring (bicyclic) bond motifs is 1. The third-order valence-electron chi connectivity index (χ3n) is 5.19. The van der Waals surface area contributed by atoms with Crippen molar-refractivity contribution >= 4 is 34.6 Å². The minimum absolute atomic E-state index is 0.0116. The zero-order valence-electron chi connectivity index (χ0n) is 17.7. The van der Waals surface area contributed by atoms with Gasteiger partial charge in [0.2, 0.25) is 5.91 Å². The fourth-order valence-electron chi connectivity index (χ4n) is 3.48. The standard InChI is InChI=1S/C21H29N5O4/c1-4-30-21(29)25-11-8-16(9-12-25)22-20(28)23-17-5-6-18-15(13-17)7-10-26(18)14-19(27)24(2)3/h5-7,10,13,16H,4,8-9,11-12,14H2,1-3H3,(H2,22,23,28). The van der Waals surface area contributed by atoms with Crippen LogP contribution in [-0.2, 0) is 16.1 Å². The van der Waals surface area contributed by atoms with E-state index >= 15 is 0 Å². The molecule has 0 spiro atoms. The largest absolute Gasteiger partial charge is 0.450 e. The lowest BCUT2D eigenvalue weighted by Crippen LogP contribution is -2.47. The van der Waals surface area contributed by atoms with Crippen LogP contribution in [0.25, 0.3) is 10.9 Å². The van der Waals surface area contributed by atoms with Crippen LogP contribution in [0, 0.1) is 0 Å². The summed E-state index contributed by atoms with van der Waals surface area (Å²) in [6, 6.07) is 7.26. The van der Waals surface area contributed by atoms with Crippen LogP contribution >= 0.6 is 0 Å². The minimum atomic E-state index is -0.298. The summed E-state index contributed by atoms with van der Waals surface area (Å²) in [6.07, 6.45) is 2.95. The van der Waals surface area contributed by atoms with Crippen LogP contribution in [0.4, 0.5) is 15.3 Å². The van der Waals surface area contributed by atoms with Gasteiger partial charge in [-0.1, -0.05) is 0 Å². The van der Waals surface area contributed by atoms with Gasteiger partial charge in [-0.25, -0.2) is 9.59 Å². The summed E-state index contributed by atoms with van der Waals surface area (Å²) < 4.78 is 6.90. The number of amides is 4. The number of likely N-dealkylation sites (N-methyl/N-ethyl adjacent to an activating group) is 1. The molecule has 0 atom stereocenters. The first-order valence-electron chi connectivity index (χ1n) is 10.2. The molecule has 1 fully saturated rings. The number of likely N-dealkylation sites (tertiary alicyclic amines) is 1. The van der Waals surface area contributed by atoms with E-state index in [0.717, 1.165) is 10.9 Å². The number of anilines is 1. The van der Waals surface area contributed by atoms with E-state index in [0.29, 0.717) is 38.2 Å². The summed E-state index contributed by atoms with van der Waals surface area (Å²) in [4.78, 5) is 39.3. The van der Waals surface area contributed by atoms with Gasteiger partial charge < -0.3 is 29.7 Å². The molecule has 1 aliphatic heterocycles. The number of piperidine rings is 1. The topological polar surface area (TPSA) is 95.9 Å². The Morgan fingerprint density at radius 3 is 2.57 bits per heavy atom. The summed E-state index contributed by atoms with van der Waals surface area (Å²) in [5.41, 5.74) is 1.61. The van der Waals surface area contributed by atoms with Crippen molar-refractivity contribution in [1.82, 2.24) is 19.7 Å². The second-order valence-electron chi connectivity index (χ2n) is 7.56. The molecule has 1 aromatic carbocycles. The first-order valence-corrected chi connectivity index (χ1v) is 10.2. The van der Waals surface area contributed by atoms with Gasteiger partial charge in [0.05, 0.1) is 6.61 Å². The molecule has 1 saturated heterocycles. The van der Waals surface area contributed by atoms with E-state index in [1.165, 1.54) is 0 Å². The highest BCUT2D eigenvalue weighted by Crippen LogP contribution is 2.21. The number of aromatic nitrogens is 1. The molecule has 1 aromatic heterocycles. The number of carbonyl (C=O) groups is 3. The number of urea groups is 1. The summed E-state index contributed by atoms with van der Waals surface area (Å²) >= 11 is 0. The molecular weight excluding hydrogens is 386 g/mol. The molecule has 2 N–H and O–H groups in total. The Kier molecular flexibility index (Phi) is 6.81. The quantitative estimate of drug-likeness (QED) is 0.784. The Morgan fingerprint density at radius 2 is 1.90 bits per heavy atom. The van der Waals surface area contributed by atoms with Crippen molar-refractivity contribution in [3.8, 4) is 0 Å². The maximum absolute atomic E-state index is 12.4. The van der Waals surface area contributed by atoms with Crippen LogP contribution in [0.2, 0.25) is 0 Å². The van der Waals surface area contributed by atoms with Crippen molar-refractivity contribution < 1.29 is 19.1 Å².